The Bertz CT molecular complexity index is 700. The fraction of sp³-hybridized carbons (Fsp3) is 0.0667. The van der Waals surface area contributed by atoms with Crippen LogP contribution >= 0.6 is 15.9 Å². The van der Waals surface area contributed by atoms with E-state index in [1.165, 1.54) is 0 Å². The van der Waals surface area contributed by atoms with E-state index in [1.54, 1.807) is 30.3 Å². The first-order chi connectivity index (χ1) is 10.6. The third kappa shape index (κ3) is 5.74. The van der Waals surface area contributed by atoms with Gasteiger partial charge in [0.2, 0.25) is 0 Å². The van der Waals surface area contributed by atoms with Crippen LogP contribution in [0.15, 0.2) is 53.0 Å². The Balaban J connectivity index is 0.000000253. The van der Waals surface area contributed by atoms with E-state index >= 15 is 0 Å². The highest BCUT2D eigenvalue weighted by Crippen LogP contribution is 2.35. The molecule has 0 atom stereocenters. The van der Waals surface area contributed by atoms with Gasteiger partial charge in [0.1, 0.15) is 0 Å². The lowest BCUT2D eigenvalue weighted by Crippen LogP contribution is -2.08. The van der Waals surface area contributed by atoms with Gasteiger partial charge in [-0.3, -0.25) is 0 Å². The van der Waals surface area contributed by atoms with Crippen LogP contribution < -0.4 is 0 Å². The molecule has 0 saturated heterocycles. The molecule has 0 heterocycles. The molecule has 0 aliphatic carbocycles. The van der Waals surface area contributed by atoms with Crippen molar-refractivity contribution in [1.29, 1.82) is 0 Å². The second-order valence-corrected chi connectivity index (χ2v) is 5.02. The summed E-state index contributed by atoms with van der Waals surface area (Å²) in [5.74, 6) is -2.27. The summed E-state index contributed by atoms with van der Waals surface area (Å²) in [6.45, 7) is 0. The van der Waals surface area contributed by atoms with Gasteiger partial charge in [-0.25, -0.2) is 9.59 Å². The van der Waals surface area contributed by atoms with Gasteiger partial charge in [-0.2, -0.15) is 13.2 Å². The lowest BCUT2D eigenvalue weighted by molar-refractivity contribution is -0.138. The second kappa shape index (κ2) is 7.77. The fourth-order valence-corrected chi connectivity index (χ4v) is 1.93. The summed E-state index contributed by atoms with van der Waals surface area (Å²) in [4.78, 5) is 20.6. The Morgan fingerprint density at radius 1 is 0.870 bits per heavy atom. The molecule has 0 saturated carbocycles. The van der Waals surface area contributed by atoms with E-state index in [-0.39, 0.29) is 10.0 Å². The molecule has 2 aromatic rings. The molecule has 0 aliphatic rings. The Hall–Kier alpha value is -2.35. The van der Waals surface area contributed by atoms with Gasteiger partial charge in [-0.1, -0.05) is 34.1 Å². The lowest BCUT2D eigenvalue weighted by atomic mass is 10.1. The van der Waals surface area contributed by atoms with Crippen LogP contribution in [-0.2, 0) is 6.18 Å². The summed E-state index contributed by atoms with van der Waals surface area (Å²) in [5.41, 5.74) is -1.05. The van der Waals surface area contributed by atoms with Crippen LogP contribution in [0.1, 0.15) is 26.3 Å². The fourth-order valence-electron chi connectivity index (χ4n) is 1.46. The van der Waals surface area contributed by atoms with Crippen molar-refractivity contribution < 1.29 is 33.0 Å². The van der Waals surface area contributed by atoms with Gasteiger partial charge < -0.3 is 10.2 Å². The van der Waals surface area contributed by atoms with E-state index in [1.807, 2.05) is 0 Å². The molecule has 0 aliphatic heterocycles. The molecular weight excluding hydrogens is 381 g/mol. The van der Waals surface area contributed by atoms with Crippen LogP contribution in [-0.4, -0.2) is 22.2 Å². The van der Waals surface area contributed by atoms with Crippen molar-refractivity contribution in [2.45, 2.75) is 6.18 Å². The molecule has 8 heteroatoms. The van der Waals surface area contributed by atoms with Crippen LogP contribution in [0, 0.1) is 0 Å². The van der Waals surface area contributed by atoms with Crippen molar-refractivity contribution in [1.82, 2.24) is 0 Å². The molecule has 4 nitrogen and oxygen atoms in total. The highest BCUT2D eigenvalue weighted by atomic mass is 79.9. The van der Waals surface area contributed by atoms with Crippen LogP contribution in [0.3, 0.4) is 0 Å². The molecule has 0 bridgehead atoms. The van der Waals surface area contributed by atoms with Crippen molar-refractivity contribution >= 4 is 27.9 Å². The van der Waals surface area contributed by atoms with E-state index in [4.69, 9.17) is 10.2 Å². The molecule has 0 fully saturated rings. The number of carboxylic acids is 2. The Labute approximate surface area is 137 Å². The standard InChI is InChI=1S/C8H4BrF3O2.C7H6O2/c9-6-2-1-4(7(13)14)3-5(6)8(10,11)12;8-7(9)6-4-2-1-3-5-6/h1-3H,(H,13,14);1-5H,(H,8,9). The van der Waals surface area contributed by atoms with Gasteiger partial charge in [-0.05, 0) is 30.3 Å². The maximum atomic E-state index is 12.3. The number of alkyl halides is 3. The first-order valence-corrected chi connectivity index (χ1v) is 6.80. The van der Waals surface area contributed by atoms with Crippen molar-refractivity contribution in [3.05, 3.63) is 69.7 Å². The van der Waals surface area contributed by atoms with Crippen molar-refractivity contribution in [3.63, 3.8) is 0 Å². The molecule has 2 N–H and O–H groups in total. The molecule has 2 rings (SSSR count). The summed E-state index contributed by atoms with van der Waals surface area (Å²) in [5, 5.41) is 16.9. The van der Waals surface area contributed by atoms with Gasteiger partial charge in [0.15, 0.2) is 0 Å². The average Bonchev–Trinajstić information content (AvgIpc) is 2.47. The van der Waals surface area contributed by atoms with Gasteiger partial charge in [0.05, 0.1) is 16.7 Å². The van der Waals surface area contributed by atoms with Crippen molar-refractivity contribution in [2.24, 2.45) is 0 Å². The third-order valence-electron chi connectivity index (χ3n) is 2.54. The number of benzene rings is 2. The van der Waals surface area contributed by atoms with Gasteiger partial charge >= 0.3 is 18.1 Å². The quantitative estimate of drug-likeness (QED) is 0.788. The zero-order chi connectivity index (χ0) is 17.6. The maximum Gasteiger partial charge on any atom is 0.417 e. The molecule has 0 unspecified atom stereocenters. The smallest absolute Gasteiger partial charge is 0.417 e. The van der Waals surface area contributed by atoms with Crippen LogP contribution in [0.4, 0.5) is 13.2 Å². The minimum Gasteiger partial charge on any atom is -0.478 e. The SMILES string of the molecule is O=C(O)c1ccc(Br)c(C(F)(F)F)c1.O=C(O)c1ccccc1. The second-order valence-electron chi connectivity index (χ2n) is 4.17. The Morgan fingerprint density at radius 2 is 1.39 bits per heavy atom. The number of aromatic carboxylic acids is 2. The van der Waals surface area contributed by atoms with Crippen molar-refractivity contribution in [2.75, 3.05) is 0 Å². The molecule has 0 amide bonds. The first-order valence-electron chi connectivity index (χ1n) is 6.01. The molecule has 2 aromatic carbocycles. The normalized spacial score (nSPS) is 10.4. The zero-order valence-electron chi connectivity index (χ0n) is 11.3. The third-order valence-corrected chi connectivity index (χ3v) is 3.23. The number of carbonyl (C=O) groups is 2. The minimum atomic E-state index is -4.55. The lowest BCUT2D eigenvalue weighted by Gasteiger charge is -2.09. The molecule has 0 radical (unpaired) electrons. The highest BCUT2D eigenvalue weighted by molar-refractivity contribution is 9.10. The predicted molar refractivity (Wildman–Crippen MR) is 79.5 cm³/mol. The number of halogens is 4. The van der Waals surface area contributed by atoms with E-state index in [9.17, 15) is 22.8 Å². The number of hydrogen-bond acceptors (Lipinski definition) is 2. The van der Waals surface area contributed by atoms with Crippen molar-refractivity contribution in [3.8, 4) is 0 Å². The molecule has 0 spiro atoms. The topological polar surface area (TPSA) is 74.6 Å². The van der Waals surface area contributed by atoms with Gasteiger partial charge in [0.25, 0.3) is 0 Å². The largest absolute Gasteiger partial charge is 0.478 e. The van der Waals surface area contributed by atoms with Crippen LogP contribution in [0.25, 0.3) is 0 Å². The highest BCUT2D eigenvalue weighted by Gasteiger charge is 2.33. The Morgan fingerprint density at radius 3 is 1.78 bits per heavy atom. The molecule has 122 valence electrons. The number of rotatable bonds is 2. The van der Waals surface area contributed by atoms with Gasteiger partial charge in [-0.15, -0.1) is 0 Å². The van der Waals surface area contributed by atoms with E-state index in [0.29, 0.717) is 11.6 Å². The van der Waals surface area contributed by atoms with E-state index in [0.717, 1.165) is 12.1 Å². The summed E-state index contributed by atoms with van der Waals surface area (Å²) in [6, 6.07) is 11.0. The van der Waals surface area contributed by atoms with Crippen LogP contribution in [0.5, 0.6) is 0 Å². The van der Waals surface area contributed by atoms with E-state index in [2.05, 4.69) is 15.9 Å². The summed E-state index contributed by atoms with van der Waals surface area (Å²) in [6.07, 6.45) is -4.55. The number of carboxylic acid groups (broad SMARTS) is 2. The van der Waals surface area contributed by atoms with E-state index < -0.39 is 23.7 Å². The first kappa shape index (κ1) is 18.7. The monoisotopic (exact) mass is 390 g/mol. The summed E-state index contributed by atoms with van der Waals surface area (Å²) >= 11 is 2.70. The maximum absolute atomic E-state index is 12.3. The van der Waals surface area contributed by atoms with Gasteiger partial charge in [0, 0.05) is 4.47 Å². The summed E-state index contributed by atoms with van der Waals surface area (Å²) < 4.78 is 36.6. The number of hydrogen-bond donors (Lipinski definition) is 2. The predicted octanol–water partition coefficient (Wildman–Crippen LogP) is 4.55. The molecular formula is C15H10BrF3O4. The molecule has 23 heavy (non-hydrogen) atoms. The molecule has 0 aromatic heterocycles. The summed E-state index contributed by atoms with van der Waals surface area (Å²) in [7, 11) is 0. The Kier molecular flexibility index (Phi) is 6.32. The van der Waals surface area contributed by atoms with Crippen LogP contribution in [0.2, 0.25) is 0 Å². The zero-order valence-corrected chi connectivity index (χ0v) is 12.9. The average molecular weight is 391 g/mol. The minimum absolute atomic E-state index is 0.171.